The Kier molecular flexibility index (Phi) is 3.88. The van der Waals surface area contributed by atoms with Gasteiger partial charge in [0.15, 0.2) is 0 Å². The van der Waals surface area contributed by atoms with Crippen molar-refractivity contribution in [3.05, 3.63) is 39.4 Å². The van der Waals surface area contributed by atoms with Crippen LogP contribution in [0.4, 0.5) is 14.5 Å². The number of non-ortho nitro benzene ring substituents is 1. The van der Waals surface area contributed by atoms with Crippen LogP contribution >= 0.6 is 0 Å². The molecule has 0 N–H and O–H groups in total. The van der Waals surface area contributed by atoms with Gasteiger partial charge < -0.3 is 0 Å². The molecule has 0 radical (unpaired) electrons. The molecule has 0 saturated carbocycles. The summed E-state index contributed by atoms with van der Waals surface area (Å²) in [6.45, 7) is 2.79. The Hall–Kier alpha value is -1.85. The van der Waals surface area contributed by atoms with Crippen molar-refractivity contribution >= 4 is 11.5 Å². The second kappa shape index (κ2) is 4.99. The number of Topliss-reactive ketones (excluding diaryl/α,β-unsaturated/α-hetero) is 1. The maximum atomic E-state index is 12.8. The van der Waals surface area contributed by atoms with E-state index in [2.05, 4.69) is 0 Å². The van der Waals surface area contributed by atoms with Crippen LogP contribution in [-0.2, 0) is 4.79 Å². The highest BCUT2D eigenvalue weighted by Crippen LogP contribution is 2.31. The summed E-state index contributed by atoms with van der Waals surface area (Å²) in [5.41, 5.74) is -0.722. The number of ketones is 1. The molecule has 0 fully saturated rings. The number of carbonyl (C=O) groups is 1. The standard InChI is InChI=1S/C11H11F2NO3/c1-6(7(2)15)9-4-3-8(14(16)17)5-10(9)11(12)13/h3-6,11H,1-2H3. The van der Waals surface area contributed by atoms with Crippen molar-refractivity contribution in [1.82, 2.24) is 0 Å². The normalized spacial score (nSPS) is 12.5. The summed E-state index contributed by atoms with van der Waals surface area (Å²) in [5.74, 6) is -0.958. The lowest BCUT2D eigenvalue weighted by molar-refractivity contribution is -0.385. The zero-order valence-corrected chi connectivity index (χ0v) is 9.31. The fourth-order valence-electron chi connectivity index (χ4n) is 1.48. The lowest BCUT2D eigenvalue weighted by atomic mass is 9.92. The lowest BCUT2D eigenvalue weighted by Gasteiger charge is -2.13. The van der Waals surface area contributed by atoms with E-state index < -0.39 is 28.5 Å². The van der Waals surface area contributed by atoms with Crippen molar-refractivity contribution in [3.63, 3.8) is 0 Å². The number of halogens is 2. The van der Waals surface area contributed by atoms with Gasteiger partial charge in [-0.15, -0.1) is 0 Å². The Labute approximate surface area is 96.4 Å². The molecular formula is C11H11F2NO3. The number of carbonyl (C=O) groups excluding carboxylic acids is 1. The van der Waals surface area contributed by atoms with Gasteiger partial charge >= 0.3 is 0 Å². The average Bonchev–Trinajstić information content (AvgIpc) is 2.26. The van der Waals surface area contributed by atoms with Gasteiger partial charge in [0.05, 0.1) is 4.92 Å². The Morgan fingerprint density at radius 2 is 1.94 bits per heavy atom. The van der Waals surface area contributed by atoms with Gasteiger partial charge in [0.1, 0.15) is 5.78 Å². The molecule has 0 aromatic heterocycles. The number of hydrogen-bond donors (Lipinski definition) is 0. The zero-order valence-electron chi connectivity index (χ0n) is 9.31. The molecule has 0 aliphatic rings. The molecule has 17 heavy (non-hydrogen) atoms. The summed E-state index contributed by atoms with van der Waals surface area (Å²) < 4.78 is 25.5. The maximum Gasteiger partial charge on any atom is 0.269 e. The van der Waals surface area contributed by atoms with Gasteiger partial charge in [-0.25, -0.2) is 8.78 Å². The van der Waals surface area contributed by atoms with Crippen molar-refractivity contribution in [3.8, 4) is 0 Å². The zero-order chi connectivity index (χ0) is 13.2. The van der Waals surface area contributed by atoms with E-state index in [-0.39, 0.29) is 11.3 Å². The average molecular weight is 243 g/mol. The SMILES string of the molecule is CC(=O)C(C)c1ccc([N+](=O)[O-])cc1C(F)F. The molecular weight excluding hydrogens is 232 g/mol. The number of nitrogens with zero attached hydrogens (tertiary/aromatic N) is 1. The quantitative estimate of drug-likeness (QED) is 0.602. The van der Waals surface area contributed by atoms with E-state index in [9.17, 15) is 23.7 Å². The summed E-state index contributed by atoms with van der Waals surface area (Å²) >= 11 is 0. The minimum Gasteiger partial charge on any atom is -0.299 e. The Balaban J connectivity index is 3.31. The molecule has 0 saturated heterocycles. The summed E-state index contributed by atoms with van der Waals surface area (Å²) in [6, 6.07) is 3.16. The van der Waals surface area contributed by atoms with E-state index in [0.717, 1.165) is 12.1 Å². The highest BCUT2D eigenvalue weighted by Gasteiger charge is 2.22. The minimum atomic E-state index is -2.84. The second-order valence-electron chi connectivity index (χ2n) is 3.70. The molecule has 1 rings (SSSR count). The van der Waals surface area contributed by atoms with Crippen LogP contribution < -0.4 is 0 Å². The number of nitro groups is 1. The fourth-order valence-corrected chi connectivity index (χ4v) is 1.48. The number of nitro benzene ring substituents is 1. The molecule has 0 aliphatic heterocycles. The van der Waals surface area contributed by atoms with Crippen LogP contribution in [0.1, 0.15) is 37.3 Å². The van der Waals surface area contributed by atoms with E-state index >= 15 is 0 Å². The van der Waals surface area contributed by atoms with Gasteiger partial charge in [-0.2, -0.15) is 0 Å². The molecule has 4 nitrogen and oxygen atoms in total. The van der Waals surface area contributed by atoms with Crippen LogP contribution in [-0.4, -0.2) is 10.7 Å². The first kappa shape index (κ1) is 13.2. The third-order valence-electron chi connectivity index (χ3n) is 2.59. The summed E-state index contributed by atoms with van der Waals surface area (Å²) in [7, 11) is 0. The van der Waals surface area contributed by atoms with Gasteiger partial charge in [0, 0.05) is 23.6 Å². The fraction of sp³-hybridized carbons (Fsp3) is 0.364. The third-order valence-corrected chi connectivity index (χ3v) is 2.59. The van der Waals surface area contributed by atoms with E-state index in [4.69, 9.17) is 0 Å². The molecule has 0 spiro atoms. The molecule has 0 aliphatic carbocycles. The van der Waals surface area contributed by atoms with Crippen LogP contribution in [0.25, 0.3) is 0 Å². The van der Waals surface area contributed by atoms with Crippen LogP contribution in [0.15, 0.2) is 18.2 Å². The topological polar surface area (TPSA) is 60.2 Å². The van der Waals surface area contributed by atoms with Gasteiger partial charge in [-0.05, 0) is 12.5 Å². The predicted octanol–water partition coefficient (Wildman–Crippen LogP) is 3.22. The smallest absolute Gasteiger partial charge is 0.269 e. The van der Waals surface area contributed by atoms with Crippen molar-refractivity contribution in [2.24, 2.45) is 0 Å². The molecule has 6 heteroatoms. The molecule has 0 bridgehead atoms. The number of alkyl halides is 2. The highest BCUT2D eigenvalue weighted by atomic mass is 19.3. The Bertz CT molecular complexity index is 460. The molecule has 1 unspecified atom stereocenters. The molecule has 0 amide bonds. The maximum absolute atomic E-state index is 12.8. The second-order valence-corrected chi connectivity index (χ2v) is 3.70. The van der Waals surface area contributed by atoms with Crippen LogP contribution in [0, 0.1) is 10.1 Å². The van der Waals surface area contributed by atoms with E-state index in [1.54, 1.807) is 0 Å². The monoisotopic (exact) mass is 243 g/mol. The lowest BCUT2D eigenvalue weighted by Crippen LogP contribution is -2.08. The van der Waals surface area contributed by atoms with E-state index in [1.165, 1.54) is 19.9 Å². The van der Waals surface area contributed by atoms with Crippen LogP contribution in [0.3, 0.4) is 0 Å². The number of hydrogen-bond acceptors (Lipinski definition) is 3. The minimum absolute atomic E-state index is 0.137. The summed E-state index contributed by atoms with van der Waals surface area (Å²) in [5, 5.41) is 10.5. The van der Waals surface area contributed by atoms with Crippen molar-refractivity contribution in [1.29, 1.82) is 0 Å². The van der Waals surface area contributed by atoms with Gasteiger partial charge in [-0.1, -0.05) is 13.0 Å². The highest BCUT2D eigenvalue weighted by molar-refractivity contribution is 5.83. The number of benzene rings is 1. The van der Waals surface area contributed by atoms with E-state index in [0.29, 0.717) is 0 Å². The number of rotatable bonds is 4. The van der Waals surface area contributed by atoms with Gasteiger partial charge in [0.2, 0.25) is 0 Å². The summed E-state index contributed by atoms with van der Waals surface area (Å²) in [4.78, 5) is 20.9. The Morgan fingerprint density at radius 1 is 1.35 bits per heavy atom. The first-order valence-electron chi connectivity index (χ1n) is 4.91. The first-order chi connectivity index (χ1) is 7.84. The molecule has 1 atom stereocenters. The molecule has 92 valence electrons. The molecule has 1 aromatic rings. The molecule has 0 heterocycles. The van der Waals surface area contributed by atoms with Gasteiger partial charge in [0.25, 0.3) is 12.1 Å². The van der Waals surface area contributed by atoms with Crippen LogP contribution in [0.2, 0.25) is 0 Å². The Morgan fingerprint density at radius 3 is 2.35 bits per heavy atom. The van der Waals surface area contributed by atoms with Crippen molar-refractivity contribution < 1.29 is 18.5 Å². The van der Waals surface area contributed by atoms with Crippen molar-refractivity contribution in [2.75, 3.05) is 0 Å². The van der Waals surface area contributed by atoms with Crippen molar-refractivity contribution in [2.45, 2.75) is 26.2 Å². The summed E-state index contributed by atoms with van der Waals surface area (Å²) in [6.07, 6.45) is -2.84. The third kappa shape index (κ3) is 2.83. The molecule has 1 aromatic carbocycles. The van der Waals surface area contributed by atoms with E-state index in [1.807, 2.05) is 0 Å². The predicted molar refractivity (Wildman–Crippen MR) is 57.1 cm³/mol. The van der Waals surface area contributed by atoms with Gasteiger partial charge in [-0.3, -0.25) is 14.9 Å². The van der Waals surface area contributed by atoms with Crippen LogP contribution in [0.5, 0.6) is 0 Å². The largest absolute Gasteiger partial charge is 0.299 e. The first-order valence-corrected chi connectivity index (χ1v) is 4.91.